The Bertz CT molecular complexity index is 479. The summed E-state index contributed by atoms with van der Waals surface area (Å²) < 4.78 is 4.97. The largest absolute Gasteiger partial charge is 0.360 e. The molecule has 0 fully saturated rings. The molecule has 0 atom stereocenters. The number of amides is 1. The zero-order chi connectivity index (χ0) is 12.1. The van der Waals surface area contributed by atoms with Crippen molar-refractivity contribution in [2.75, 3.05) is 5.32 Å². The number of carbonyl (C=O) groups excluding carboxylic acids is 1. The van der Waals surface area contributed by atoms with Gasteiger partial charge in [0.1, 0.15) is 5.76 Å². The number of nitrogens with zero attached hydrogens (tertiary/aromatic N) is 1. The lowest BCUT2D eigenvalue weighted by Crippen LogP contribution is -2.13. The number of anilines is 1. The van der Waals surface area contributed by atoms with Crippen molar-refractivity contribution in [3.8, 4) is 0 Å². The summed E-state index contributed by atoms with van der Waals surface area (Å²) in [4.78, 5) is 12.1. The Labute approximate surface area is 103 Å². The van der Waals surface area contributed by atoms with Crippen LogP contribution in [0.2, 0.25) is 0 Å². The Hall–Kier alpha value is -1.66. The molecule has 0 bridgehead atoms. The van der Waals surface area contributed by atoms with E-state index in [0.717, 1.165) is 16.3 Å². The summed E-state index contributed by atoms with van der Waals surface area (Å²) in [7, 11) is 0. The van der Waals surface area contributed by atoms with Gasteiger partial charge in [0.15, 0.2) is 0 Å². The first-order valence-electron chi connectivity index (χ1n) is 5.20. The third-order valence-electron chi connectivity index (χ3n) is 2.13. The second kappa shape index (κ2) is 5.60. The van der Waals surface area contributed by atoms with Crippen LogP contribution in [-0.2, 0) is 17.9 Å². The van der Waals surface area contributed by atoms with Crippen molar-refractivity contribution >= 4 is 22.9 Å². The third kappa shape index (κ3) is 3.40. The van der Waals surface area contributed by atoms with E-state index in [1.165, 1.54) is 6.92 Å². The van der Waals surface area contributed by atoms with E-state index in [9.17, 15) is 4.79 Å². The smallest absolute Gasteiger partial charge is 0.221 e. The average molecular weight is 251 g/mol. The molecular weight excluding hydrogens is 238 g/mol. The lowest BCUT2D eigenvalue weighted by Gasteiger charge is -2.04. The van der Waals surface area contributed by atoms with Crippen LogP contribution in [0.15, 0.2) is 28.2 Å². The lowest BCUT2D eigenvalue weighted by molar-refractivity contribution is -0.114. The van der Waals surface area contributed by atoms with Crippen molar-refractivity contribution in [1.29, 1.82) is 0 Å². The highest BCUT2D eigenvalue weighted by Gasteiger charge is 2.05. The van der Waals surface area contributed by atoms with E-state index in [4.69, 9.17) is 4.52 Å². The normalized spacial score (nSPS) is 10.4. The van der Waals surface area contributed by atoms with Crippen molar-refractivity contribution in [3.05, 3.63) is 34.3 Å². The van der Waals surface area contributed by atoms with Gasteiger partial charge in [-0.3, -0.25) is 4.79 Å². The SMILES string of the molecule is CC(=O)Nc1ccsc1CNCc1ccno1. The fourth-order valence-corrected chi connectivity index (χ4v) is 2.21. The summed E-state index contributed by atoms with van der Waals surface area (Å²) >= 11 is 1.61. The number of thiophene rings is 1. The summed E-state index contributed by atoms with van der Waals surface area (Å²) in [6, 6.07) is 3.72. The van der Waals surface area contributed by atoms with E-state index in [1.807, 2.05) is 17.5 Å². The number of hydrogen-bond donors (Lipinski definition) is 2. The molecule has 0 saturated carbocycles. The maximum atomic E-state index is 11.0. The number of aromatic nitrogens is 1. The second-order valence-electron chi connectivity index (χ2n) is 3.52. The van der Waals surface area contributed by atoms with Crippen LogP contribution < -0.4 is 10.6 Å². The Balaban J connectivity index is 1.86. The number of carbonyl (C=O) groups is 1. The standard InChI is InChI=1S/C11H13N3O2S/c1-8(15)14-10-3-5-17-11(10)7-12-6-9-2-4-13-16-9/h2-5,12H,6-7H2,1H3,(H,14,15). The minimum Gasteiger partial charge on any atom is -0.360 e. The van der Waals surface area contributed by atoms with Gasteiger partial charge in [-0.05, 0) is 11.4 Å². The Kier molecular flexibility index (Phi) is 3.89. The molecule has 2 rings (SSSR count). The third-order valence-corrected chi connectivity index (χ3v) is 3.05. The maximum absolute atomic E-state index is 11.0. The molecule has 0 aliphatic heterocycles. The topological polar surface area (TPSA) is 67.2 Å². The molecule has 2 N–H and O–H groups in total. The summed E-state index contributed by atoms with van der Waals surface area (Å²) in [6.07, 6.45) is 1.62. The number of rotatable bonds is 5. The van der Waals surface area contributed by atoms with Gasteiger partial charge in [-0.25, -0.2) is 0 Å². The van der Waals surface area contributed by atoms with Gasteiger partial charge in [0.25, 0.3) is 0 Å². The van der Waals surface area contributed by atoms with Gasteiger partial charge in [-0.1, -0.05) is 5.16 Å². The van der Waals surface area contributed by atoms with E-state index in [0.29, 0.717) is 13.1 Å². The van der Waals surface area contributed by atoms with Crippen LogP contribution in [0.3, 0.4) is 0 Å². The summed E-state index contributed by atoms with van der Waals surface area (Å²) in [5, 5.41) is 11.6. The first-order valence-corrected chi connectivity index (χ1v) is 6.08. The molecule has 2 aromatic rings. The highest BCUT2D eigenvalue weighted by molar-refractivity contribution is 7.10. The van der Waals surface area contributed by atoms with Gasteiger partial charge in [-0.2, -0.15) is 0 Å². The zero-order valence-electron chi connectivity index (χ0n) is 9.40. The minimum atomic E-state index is -0.0557. The first-order chi connectivity index (χ1) is 8.25. The summed E-state index contributed by atoms with van der Waals surface area (Å²) in [6.45, 7) is 2.81. The van der Waals surface area contributed by atoms with Crippen molar-refractivity contribution in [2.45, 2.75) is 20.0 Å². The van der Waals surface area contributed by atoms with Gasteiger partial charge >= 0.3 is 0 Å². The predicted octanol–water partition coefficient (Wildman–Crippen LogP) is 1.98. The summed E-state index contributed by atoms with van der Waals surface area (Å²) in [5.74, 6) is 0.738. The molecule has 5 nitrogen and oxygen atoms in total. The molecule has 0 aromatic carbocycles. The molecule has 90 valence electrons. The molecule has 1 amide bonds. The van der Waals surface area contributed by atoms with Crippen LogP contribution in [0, 0.1) is 0 Å². The van der Waals surface area contributed by atoms with Crippen LogP contribution in [0.25, 0.3) is 0 Å². The lowest BCUT2D eigenvalue weighted by atomic mass is 10.3. The van der Waals surface area contributed by atoms with Gasteiger partial charge in [0.2, 0.25) is 5.91 Å². The predicted molar refractivity (Wildman–Crippen MR) is 65.7 cm³/mol. The fourth-order valence-electron chi connectivity index (χ4n) is 1.41. The van der Waals surface area contributed by atoms with Crippen LogP contribution in [0.1, 0.15) is 17.6 Å². The van der Waals surface area contributed by atoms with Crippen molar-refractivity contribution < 1.29 is 9.32 Å². The molecule has 0 unspecified atom stereocenters. The molecule has 2 aromatic heterocycles. The molecule has 6 heteroatoms. The second-order valence-corrected chi connectivity index (χ2v) is 4.52. The van der Waals surface area contributed by atoms with Crippen molar-refractivity contribution in [3.63, 3.8) is 0 Å². The van der Waals surface area contributed by atoms with Gasteiger partial charge in [0, 0.05) is 24.4 Å². The van der Waals surface area contributed by atoms with Gasteiger partial charge < -0.3 is 15.2 Å². The minimum absolute atomic E-state index is 0.0557. The van der Waals surface area contributed by atoms with Crippen molar-refractivity contribution in [2.24, 2.45) is 0 Å². The van der Waals surface area contributed by atoms with Gasteiger partial charge in [-0.15, -0.1) is 11.3 Å². The number of nitrogens with one attached hydrogen (secondary N) is 2. The van der Waals surface area contributed by atoms with E-state index in [-0.39, 0.29) is 5.91 Å². The Morgan fingerprint density at radius 3 is 3.06 bits per heavy atom. The molecule has 0 spiro atoms. The van der Waals surface area contributed by atoms with Gasteiger partial charge in [0.05, 0.1) is 18.4 Å². The monoisotopic (exact) mass is 251 g/mol. The Morgan fingerprint density at radius 2 is 2.35 bits per heavy atom. The first kappa shape index (κ1) is 11.8. The quantitative estimate of drug-likeness (QED) is 0.852. The van der Waals surface area contributed by atoms with E-state index < -0.39 is 0 Å². The highest BCUT2D eigenvalue weighted by Crippen LogP contribution is 2.22. The molecule has 0 radical (unpaired) electrons. The number of hydrogen-bond acceptors (Lipinski definition) is 5. The molecule has 17 heavy (non-hydrogen) atoms. The van der Waals surface area contributed by atoms with E-state index in [1.54, 1.807) is 17.5 Å². The molecule has 0 aliphatic carbocycles. The van der Waals surface area contributed by atoms with Crippen LogP contribution in [0.5, 0.6) is 0 Å². The van der Waals surface area contributed by atoms with E-state index >= 15 is 0 Å². The fraction of sp³-hybridized carbons (Fsp3) is 0.273. The van der Waals surface area contributed by atoms with Crippen LogP contribution in [-0.4, -0.2) is 11.1 Å². The molecule has 0 aliphatic rings. The van der Waals surface area contributed by atoms with Crippen LogP contribution in [0.4, 0.5) is 5.69 Å². The van der Waals surface area contributed by atoms with Crippen LogP contribution >= 0.6 is 11.3 Å². The molecule has 2 heterocycles. The zero-order valence-corrected chi connectivity index (χ0v) is 10.2. The molecular formula is C11H13N3O2S. The van der Waals surface area contributed by atoms with E-state index in [2.05, 4.69) is 15.8 Å². The average Bonchev–Trinajstić information content (AvgIpc) is 2.90. The summed E-state index contributed by atoms with van der Waals surface area (Å²) in [5.41, 5.74) is 0.868. The maximum Gasteiger partial charge on any atom is 0.221 e. The van der Waals surface area contributed by atoms with Crippen molar-refractivity contribution in [1.82, 2.24) is 10.5 Å². The molecule has 0 saturated heterocycles. The Morgan fingerprint density at radius 1 is 1.47 bits per heavy atom. The highest BCUT2D eigenvalue weighted by atomic mass is 32.1.